The van der Waals surface area contributed by atoms with E-state index >= 15 is 0 Å². The minimum absolute atomic E-state index is 0.0355. The number of nitrogens with zero attached hydrogens (tertiary/aromatic N) is 2. The molecule has 0 aliphatic rings. The average molecular weight is 409 g/mol. The number of amides is 1. The van der Waals surface area contributed by atoms with E-state index in [2.05, 4.69) is 10.3 Å². The van der Waals surface area contributed by atoms with Crippen molar-refractivity contribution in [3.63, 3.8) is 0 Å². The van der Waals surface area contributed by atoms with Crippen molar-refractivity contribution in [2.45, 2.75) is 13.8 Å². The summed E-state index contributed by atoms with van der Waals surface area (Å²) in [6.45, 7) is 3.92. The molecule has 0 spiro atoms. The summed E-state index contributed by atoms with van der Waals surface area (Å²) < 4.78 is 7.25. The number of nitrogens with one attached hydrogen (secondary N) is 1. The highest BCUT2D eigenvalue weighted by Crippen LogP contribution is 2.26. The van der Waals surface area contributed by atoms with Gasteiger partial charge >= 0.3 is 5.63 Å². The minimum atomic E-state index is -0.666. The van der Waals surface area contributed by atoms with Crippen LogP contribution in [-0.2, 0) is 0 Å². The lowest BCUT2D eigenvalue weighted by Gasteiger charge is -2.10. The first-order valence-corrected chi connectivity index (χ1v) is 9.88. The summed E-state index contributed by atoms with van der Waals surface area (Å²) in [7, 11) is 0. The normalized spacial score (nSPS) is 11.2. The number of rotatable bonds is 3. The fourth-order valence-corrected chi connectivity index (χ4v) is 3.55. The molecule has 152 valence electrons. The van der Waals surface area contributed by atoms with Crippen LogP contribution in [0.5, 0.6) is 0 Å². The average Bonchev–Trinajstić information content (AvgIpc) is 3.18. The van der Waals surface area contributed by atoms with E-state index in [0.717, 1.165) is 28.0 Å². The maximum Gasteiger partial charge on any atom is 0.349 e. The van der Waals surface area contributed by atoms with Gasteiger partial charge in [0.25, 0.3) is 5.91 Å². The number of pyridine rings is 1. The van der Waals surface area contributed by atoms with Crippen molar-refractivity contribution < 1.29 is 9.21 Å². The fraction of sp³-hybridized carbons (Fsp3) is 0.0800. The standard InChI is InChI=1S/C25H19N3O3/c1-15-9-10-28-14-21(26-23(28)11-15)17-8-7-16(2)20(13-17)27-24(29)19-12-18-5-3-4-6-22(18)31-25(19)30/h3-14H,1-2H3,(H,27,29). The Balaban J connectivity index is 1.50. The molecule has 1 N–H and O–H groups in total. The summed E-state index contributed by atoms with van der Waals surface area (Å²) in [6, 6.07) is 18.4. The molecule has 0 atom stereocenters. The Morgan fingerprint density at radius 1 is 1.03 bits per heavy atom. The zero-order valence-electron chi connectivity index (χ0n) is 17.0. The van der Waals surface area contributed by atoms with Crippen molar-refractivity contribution in [2.75, 3.05) is 5.32 Å². The second-order valence-corrected chi connectivity index (χ2v) is 7.56. The predicted molar refractivity (Wildman–Crippen MR) is 121 cm³/mol. The van der Waals surface area contributed by atoms with Crippen LogP contribution < -0.4 is 10.9 Å². The van der Waals surface area contributed by atoms with E-state index < -0.39 is 11.5 Å². The van der Waals surface area contributed by atoms with Gasteiger partial charge in [0, 0.05) is 29.0 Å². The van der Waals surface area contributed by atoms with Crippen LogP contribution in [-0.4, -0.2) is 15.3 Å². The van der Waals surface area contributed by atoms with Gasteiger partial charge in [-0.25, -0.2) is 9.78 Å². The molecule has 3 aromatic heterocycles. The number of hydrogen-bond donors (Lipinski definition) is 1. The summed E-state index contributed by atoms with van der Waals surface area (Å²) in [4.78, 5) is 29.9. The van der Waals surface area contributed by atoms with E-state index in [4.69, 9.17) is 4.42 Å². The SMILES string of the molecule is Cc1ccn2cc(-c3ccc(C)c(NC(=O)c4cc5ccccc5oc4=O)c3)nc2c1. The number of para-hydroxylation sites is 1. The molecule has 5 rings (SSSR count). The molecule has 0 radical (unpaired) electrons. The molecule has 0 aliphatic heterocycles. The van der Waals surface area contributed by atoms with Gasteiger partial charge in [-0.1, -0.05) is 30.3 Å². The molecule has 0 bridgehead atoms. The molecule has 1 amide bonds. The number of imidazole rings is 1. The van der Waals surface area contributed by atoms with Crippen LogP contribution in [0.2, 0.25) is 0 Å². The Hall–Kier alpha value is -4.19. The highest BCUT2D eigenvalue weighted by Gasteiger charge is 2.16. The van der Waals surface area contributed by atoms with Crippen LogP contribution in [0.25, 0.3) is 27.9 Å². The van der Waals surface area contributed by atoms with E-state index in [9.17, 15) is 9.59 Å². The lowest BCUT2D eigenvalue weighted by Crippen LogP contribution is -2.21. The largest absolute Gasteiger partial charge is 0.422 e. The number of aryl methyl sites for hydroxylation is 2. The number of aromatic nitrogens is 2. The third-order valence-electron chi connectivity index (χ3n) is 5.28. The van der Waals surface area contributed by atoms with Gasteiger partial charge in [-0.15, -0.1) is 0 Å². The van der Waals surface area contributed by atoms with Gasteiger partial charge in [-0.2, -0.15) is 0 Å². The molecule has 0 aliphatic carbocycles. The molecule has 0 unspecified atom stereocenters. The molecule has 6 nitrogen and oxygen atoms in total. The van der Waals surface area contributed by atoms with E-state index in [0.29, 0.717) is 16.7 Å². The number of hydrogen-bond acceptors (Lipinski definition) is 4. The second kappa shape index (κ2) is 7.25. The number of carbonyl (C=O) groups is 1. The minimum Gasteiger partial charge on any atom is -0.422 e. The quantitative estimate of drug-likeness (QED) is 0.427. The molecule has 31 heavy (non-hydrogen) atoms. The van der Waals surface area contributed by atoms with Crippen molar-refractivity contribution in [1.82, 2.24) is 9.38 Å². The first kappa shape index (κ1) is 18.8. The zero-order chi connectivity index (χ0) is 21.5. The highest BCUT2D eigenvalue weighted by atomic mass is 16.4. The zero-order valence-corrected chi connectivity index (χ0v) is 17.0. The Labute approximate surface area is 177 Å². The first-order chi connectivity index (χ1) is 15.0. The molecule has 5 aromatic rings. The van der Waals surface area contributed by atoms with Crippen LogP contribution in [0, 0.1) is 13.8 Å². The van der Waals surface area contributed by atoms with Crippen LogP contribution in [0.3, 0.4) is 0 Å². The predicted octanol–water partition coefficient (Wildman–Crippen LogP) is 4.98. The van der Waals surface area contributed by atoms with Crippen molar-refractivity contribution in [3.8, 4) is 11.3 Å². The van der Waals surface area contributed by atoms with Gasteiger partial charge in [0.2, 0.25) is 0 Å². The van der Waals surface area contributed by atoms with E-state index in [1.54, 1.807) is 24.3 Å². The number of fused-ring (bicyclic) bond motifs is 2. The Morgan fingerprint density at radius 3 is 2.74 bits per heavy atom. The number of anilines is 1. The Kier molecular flexibility index (Phi) is 4.40. The summed E-state index contributed by atoms with van der Waals surface area (Å²) in [5, 5.41) is 3.54. The summed E-state index contributed by atoms with van der Waals surface area (Å²) in [5.41, 5.74) is 4.90. The third-order valence-corrected chi connectivity index (χ3v) is 5.28. The second-order valence-electron chi connectivity index (χ2n) is 7.56. The third kappa shape index (κ3) is 3.48. The topological polar surface area (TPSA) is 76.6 Å². The van der Waals surface area contributed by atoms with Crippen LogP contribution >= 0.6 is 0 Å². The van der Waals surface area contributed by atoms with Gasteiger partial charge < -0.3 is 14.1 Å². The van der Waals surface area contributed by atoms with E-state index in [1.165, 1.54) is 0 Å². The summed E-state index contributed by atoms with van der Waals surface area (Å²) in [5.74, 6) is -0.509. The number of carbonyl (C=O) groups excluding carboxylic acids is 1. The molecule has 2 aromatic carbocycles. The monoisotopic (exact) mass is 409 g/mol. The molecule has 0 saturated carbocycles. The fourth-order valence-electron chi connectivity index (χ4n) is 3.55. The van der Waals surface area contributed by atoms with Crippen molar-refractivity contribution >= 4 is 28.2 Å². The first-order valence-electron chi connectivity index (χ1n) is 9.88. The maximum atomic E-state index is 12.9. The maximum absolute atomic E-state index is 12.9. The van der Waals surface area contributed by atoms with Gasteiger partial charge in [-0.3, -0.25) is 4.79 Å². The lowest BCUT2D eigenvalue weighted by molar-refractivity contribution is 0.102. The van der Waals surface area contributed by atoms with E-state index in [1.807, 2.05) is 67.0 Å². The van der Waals surface area contributed by atoms with Gasteiger partial charge in [0.05, 0.1) is 5.69 Å². The summed E-state index contributed by atoms with van der Waals surface area (Å²) >= 11 is 0. The molecular formula is C25H19N3O3. The summed E-state index contributed by atoms with van der Waals surface area (Å²) in [6.07, 6.45) is 3.92. The molecule has 3 heterocycles. The molecule has 0 fully saturated rings. The smallest absolute Gasteiger partial charge is 0.349 e. The van der Waals surface area contributed by atoms with Crippen molar-refractivity contribution in [1.29, 1.82) is 0 Å². The van der Waals surface area contributed by atoms with Crippen LogP contribution in [0.15, 0.2) is 82.3 Å². The molecular weight excluding hydrogens is 390 g/mol. The van der Waals surface area contributed by atoms with Gasteiger partial charge in [-0.05, 0) is 55.3 Å². The molecule has 6 heteroatoms. The number of benzene rings is 2. The Morgan fingerprint density at radius 2 is 1.87 bits per heavy atom. The van der Waals surface area contributed by atoms with Gasteiger partial charge in [0.15, 0.2) is 0 Å². The van der Waals surface area contributed by atoms with Gasteiger partial charge in [0.1, 0.15) is 16.8 Å². The van der Waals surface area contributed by atoms with Crippen LogP contribution in [0.1, 0.15) is 21.5 Å². The van der Waals surface area contributed by atoms with E-state index in [-0.39, 0.29) is 5.56 Å². The molecule has 0 saturated heterocycles. The van der Waals surface area contributed by atoms with Crippen molar-refractivity contribution in [2.24, 2.45) is 0 Å². The lowest BCUT2D eigenvalue weighted by atomic mass is 10.1. The van der Waals surface area contributed by atoms with Crippen LogP contribution in [0.4, 0.5) is 5.69 Å². The highest BCUT2D eigenvalue weighted by molar-refractivity contribution is 6.06. The Bertz CT molecular complexity index is 1530. The van der Waals surface area contributed by atoms with Crippen molar-refractivity contribution in [3.05, 3.63) is 100 Å².